The molecule has 2 aromatic rings. The van der Waals surface area contributed by atoms with Crippen LogP contribution < -0.4 is 4.74 Å². The van der Waals surface area contributed by atoms with Gasteiger partial charge in [-0.15, -0.1) is 0 Å². The number of sulfone groups is 1. The van der Waals surface area contributed by atoms with E-state index in [1.807, 2.05) is 0 Å². The molecule has 136 valence electrons. The predicted octanol–water partition coefficient (Wildman–Crippen LogP) is 1.93. The lowest BCUT2D eigenvalue weighted by Crippen LogP contribution is -2.31. The quantitative estimate of drug-likeness (QED) is 0.725. The lowest BCUT2D eigenvalue weighted by molar-refractivity contribution is 0.275. The van der Waals surface area contributed by atoms with Crippen molar-refractivity contribution in [1.82, 2.24) is 4.31 Å². The second kappa shape index (κ2) is 7.51. The highest BCUT2D eigenvalue weighted by Gasteiger charge is 2.22. The molecule has 6 nitrogen and oxygen atoms in total. The molecule has 0 radical (unpaired) electrons. The number of ether oxygens (including phenoxy) is 1. The van der Waals surface area contributed by atoms with Crippen molar-refractivity contribution in [3.8, 4) is 5.75 Å². The number of hydrogen-bond donors (Lipinski definition) is 0. The van der Waals surface area contributed by atoms with Crippen molar-refractivity contribution in [3.05, 3.63) is 54.3 Å². The Morgan fingerprint density at radius 1 is 1.00 bits per heavy atom. The zero-order chi connectivity index (χ0) is 18.7. The number of rotatable bonds is 7. The molecule has 0 fully saturated rings. The van der Waals surface area contributed by atoms with E-state index >= 15 is 0 Å². The van der Waals surface area contributed by atoms with E-state index in [-0.39, 0.29) is 28.7 Å². The summed E-state index contributed by atoms with van der Waals surface area (Å²) in [6.45, 7) is -0.0812. The number of halogens is 1. The molecule has 2 rings (SSSR count). The average Bonchev–Trinajstić information content (AvgIpc) is 2.56. The molecule has 0 spiro atoms. The highest BCUT2D eigenvalue weighted by atomic mass is 32.2. The Bertz CT molecular complexity index is 958. The van der Waals surface area contributed by atoms with Crippen molar-refractivity contribution >= 4 is 19.9 Å². The maximum atomic E-state index is 13.5. The molecular weight excluding hydrogens is 369 g/mol. The molecule has 0 aliphatic heterocycles. The molecule has 0 unspecified atom stereocenters. The van der Waals surface area contributed by atoms with Crippen LogP contribution in [0.3, 0.4) is 0 Å². The Labute approximate surface area is 146 Å². The second-order valence-corrected chi connectivity index (χ2v) is 9.41. The van der Waals surface area contributed by atoms with Gasteiger partial charge in [0.05, 0.1) is 9.79 Å². The van der Waals surface area contributed by atoms with Crippen LogP contribution in [0, 0.1) is 5.82 Å². The summed E-state index contributed by atoms with van der Waals surface area (Å²) >= 11 is 0. The first-order chi connectivity index (χ1) is 11.6. The van der Waals surface area contributed by atoms with Gasteiger partial charge in [-0.3, -0.25) is 0 Å². The molecule has 0 atom stereocenters. The normalized spacial score (nSPS) is 12.3. The summed E-state index contributed by atoms with van der Waals surface area (Å²) in [6, 6.07) is 10.9. The van der Waals surface area contributed by atoms with Gasteiger partial charge in [-0.1, -0.05) is 18.2 Å². The first kappa shape index (κ1) is 19.4. The summed E-state index contributed by atoms with van der Waals surface area (Å²) in [6.07, 6.45) is 1.00. The fraction of sp³-hybridized carbons (Fsp3) is 0.250. The van der Waals surface area contributed by atoms with Crippen LogP contribution in [0.1, 0.15) is 0 Å². The molecule has 0 aliphatic rings. The largest absolute Gasteiger partial charge is 0.489 e. The maximum absolute atomic E-state index is 13.5. The monoisotopic (exact) mass is 387 g/mol. The zero-order valence-corrected chi connectivity index (χ0v) is 15.3. The number of nitrogens with zero attached hydrogens (tertiary/aromatic N) is 1. The van der Waals surface area contributed by atoms with Gasteiger partial charge in [0, 0.05) is 19.8 Å². The third-order valence-electron chi connectivity index (χ3n) is 3.44. The van der Waals surface area contributed by atoms with Crippen LogP contribution in [0.5, 0.6) is 5.75 Å². The van der Waals surface area contributed by atoms with Crippen LogP contribution in [-0.4, -0.2) is 47.6 Å². The molecule has 25 heavy (non-hydrogen) atoms. The number of hydrogen-bond acceptors (Lipinski definition) is 5. The van der Waals surface area contributed by atoms with Crippen molar-refractivity contribution in [1.29, 1.82) is 0 Å². The van der Waals surface area contributed by atoms with Crippen molar-refractivity contribution in [2.45, 2.75) is 9.79 Å². The predicted molar refractivity (Wildman–Crippen MR) is 91.3 cm³/mol. The summed E-state index contributed by atoms with van der Waals surface area (Å²) in [7, 11) is -6.07. The second-order valence-electron chi connectivity index (χ2n) is 5.35. The molecule has 0 aliphatic carbocycles. The van der Waals surface area contributed by atoms with Gasteiger partial charge in [0.25, 0.3) is 0 Å². The van der Waals surface area contributed by atoms with Gasteiger partial charge in [-0.2, -0.15) is 4.31 Å². The third-order valence-corrected chi connectivity index (χ3v) is 6.41. The number of likely N-dealkylation sites (N-methyl/N-ethyl adjacent to an activating group) is 1. The van der Waals surface area contributed by atoms with Crippen LogP contribution in [0.4, 0.5) is 4.39 Å². The van der Waals surface area contributed by atoms with Gasteiger partial charge >= 0.3 is 0 Å². The van der Waals surface area contributed by atoms with Crippen LogP contribution in [0.25, 0.3) is 0 Å². The molecule has 0 bridgehead atoms. The first-order valence-electron chi connectivity index (χ1n) is 7.26. The Balaban J connectivity index is 2.10. The van der Waals surface area contributed by atoms with Crippen molar-refractivity contribution in [2.24, 2.45) is 0 Å². The van der Waals surface area contributed by atoms with E-state index in [9.17, 15) is 21.2 Å². The van der Waals surface area contributed by atoms with E-state index in [4.69, 9.17) is 4.74 Å². The average molecular weight is 387 g/mol. The summed E-state index contributed by atoms with van der Waals surface area (Å²) < 4.78 is 67.9. The SMILES string of the molecule is CN(CCOc1ccccc1F)S(=O)(=O)c1cccc(S(C)(=O)=O)c1. The molecule has 0 saturated heterocycles. The lowest BCUT2D eigenvalue weighted by atomic mass is 10.3. The number of benzene rings is 2. The molecule has 9 heteroatoms. The number of sulfonamides is 1. The zero-order valence-electron chi connectivity index (χ0n) is 13.7. The van der Waals surface area contributed by atoms with Gasteiger partial charge in [0.15, 0.2) is 21.4 Å². The fourth-order valence-electron chi connectivity index (χ4n) is 2.01. The Morgan fingerprint density at radius 3 is 2.28 bits per heavy atom. The fourth-order valence-corrected chi connectivity index (χ4v) is 3.95. The third kappa shape index (κ3) is 4.77. The molecule has 0 aromatic heterocycles. The molecule has 2 aromatic carbocycles. The van der Waals surface area contributed by atoms with Crippen molar-refractivity contribution < 1.29 is 26.0 Å². The Kier molecular flexibility index (Phi) is 5.81. The van der Waals surface area contributed by atoms with Crippen molar-refractivity contribution in [2.75, 3.05) is 26.5 Å². The Hall–Kier alpha value is -1.97. The number of para-hydroxylation sites is 1. The lowest BCUT2D eigenvalue weighted by Gasteiger charge is -2.18. The van der Waals surface area contributed by atoms with Crippen LogP contribution in [0.15, 0.2) is 58.3 Å². The minimum atomic E-state index is -3.89. The first-order valence-corrected chi connectivity index (χ1v) is 10.6. The molecule has 0 heterocycles. The minimum Gasteiger partial charge on any atom is -0.489 e. The van der Waals surface area contributed by atoms with E-state index < -0.39 is 25.7 Å². The van der Waals surface area contributed by atoms with E-state index in [2.05, 4.69) is 0 Å². The van der Waals surface area contributed by atoms with Crippen LogP contribution in [-0.2, 0) is 19.9 Å². The molecule has 0 N–H and O–H groups in total. The van der Waals surface area contributed by atoms with E-state index in [1.54, 1.807) is 6.07 Å². The smallest absolute Gasteiger partial charge is 0.242 e. The van der Waals surface area contributed by atoms with Gasteiger partial charge in [-0.25, -0.2) is 21.2 Å². The molecular formula is C16H18FNO5S2. The highest BCUT2D eigenvalue weighted by Crippen LogP contribution is 2.19. The van der Waals surface area contributed by atoms with E-state index in [1.165, 1.54) is 43.4 Å². The van der Waals surface area contributed by atoms with Gasteiger partial charge < -0.3 is 4.74 Å². The molecule has 0 saturated carbocycles. The van der Waals surface area contributed by atoms with E-state index in [0.29, 0.717) is 0 Å². The summed E-state index contributed by atoms with van der Waals surface area (Å²) in [5.74, 6) is -0.499. The van der Waals surface area contributed by atoms with Gasteiger partial charge in [-0.05, 0) is 30.3 Å². The van der Waals surface area contributed by atoms with E-state index in [0.717, 1.165) is 16.6 Å². The van der Waals surface area contributed by atoms with Gasteiger partial charge in [0.1, 0.15) is 6.61 Å². The summed E-state index contributed by atoms with van der Waals surface area (Å²) in [5.41, 5.74) is 0. The van der Waals surface area contributed by atoms with Gasteiger partial charge in [0.2, 0.25) is 10.0 Å². The minimum absolute atomic E-state index is 0.0280. The highest BCUT2D eigenvalue weighted by molar-refractivity contribution is 7.91. The van der Waals surface area contributed by atoms with Crippen LogP contribution >= 0.6 is 0 Å². The topological polar surface area (TPSA) is 80.8 Å². The maximum Gasteiger partial charge on any atom is 0.242 e. The summed E-state index contributed by atoms with van der Waals surface area (Å²) in [4.78, 5) is -0.214. The summed E-state index contributed by atoms with van der Waals surface area (Å²) in [5, 5.41) is 0. The Morgan fingerprint density at radius 2 is 1.64 bits per heavy atom. The van der Waals surface area contributed by atoms with Crippen molar-refractivity contribution in [3.63, 3.8) is 0 Å². The standard InChI is InChI=1S/C16H18FNO5S2/c1-18(10-11-23-16-9-4-3-8-15(16)17)25(21,22)14-7-5-6-13(12-14)24(2,19)20/h3-9,12H,10-11H2,1-2H3. The van der Waals surface area contributed by atoms with Crippen LogP contribution in [0.2, 0.25) is 0 Å². The molecule has 0 amide bonds.